The van der Waals surface area contributed by atoms with Gasteiger partial charge in [-0.1, -0.05) is 12.1 Å². The molecule has 2 rings (SSSR count). The zero-order chi connectivity index (χ0) is 13.8. The maximum absolute atomic E-state index is 10.7. The lowest BCUT2D eigenvalue weighted by Crippen LogP contribution is -2.04. The van der Waals surface area contributed by atoms with Gasteiger partial charge in [-0.25, -0.2) is 0 Å². The Bertz CT molecular complexity index is 658. The normalized spacial score (nSPS) is 10.7. The Morgan fingerprint density at radius 3 is 2.79 bits per heavy atom. The predicted molar refractivity (Wildman–Crippen MR) is 69.0 cm³/mol. The van der Waals surface area contributed by atoms with Crippen LogP contribution < -0.4 is 5.73 Å². The first kappa shape index (κ1) is 12.6. The average Bonchev–Trinajstić information content (AvgIpc) is 2.85. The van der Waals surface area contributed by atoms with E-state index in [1.807, 2.05) is 0 Å². The summed E-state index contributed by atoms with van der Waals surface area (Å²) in [6.45, 7) is 0. The third-order valence-electron chi connectivity index (χ3n) is 2.38. The molecule has 0 saturated heterocycles. The quantitative estimate of drug-likeness (QED) is 0.516. The molecule has 0 aliphatic carbocycles. The van der Waals surface area contributed by atoms with Crippen molar-refractivity contribution in [3.63, 3.8) is 0 Å². The van der Waals surface area contributed by atoms with Crippen LogP contribution in [0, 0.1) is 10.1 Å². The first-order valence-corrected chi connectivity index (χ1v) is 5.38. The Morgan fingerprint density at radius 2 is 2.11 bits per heavy atom. The molecule has 1 aromatic heterocycles. The molecule has 6 heteroatoms. The molecular weight excluding hydrogens is 248 g/mol. The molecule has 0 aliphatic heterocycles. The van der Waals surface area contributed by atoms with E-state index in [1.165, 1.54) is 24.3 Å². The third-order valence-corrected chi connectivity index (χ3v) is 2.38. The van der Waals surface area contributed by atoms with E-state index in [-0.39, 0.29) is 5.69 Å². The SMILES string of the molecule is NC(=O)/C=C/c1ccc(-c2cccc([N+](=O)[O-])c2)o1. The van der Waals surface area contributed by atoms with Crippen molar-refractivity contribution < 1.29 is 14.1 Å². The zero-order valence-electron chi connectivity index (χ0n) is 9.78. The van der Waals surface area contributed by atoms with Crippen LogP contribution in [0.2, 0.25) is 0 Å². The highest BCUT2D eigenvalue weighted by Gasteiger charge is 2.09. The van der Waals surface area contributed by atoms with Gasteiger partial charge in [0.1, 0.15) is 11.5 Å². The van der Waals surface area contributed by atoms with Crippen molar-refractivity contribution >= 4 is 17.7 Å². The lowest BCUT2D eigenvalue weighted by atomic mass is 10.1. The van der Waals surface area contributed by atoms with Gasteiger partial charge >= 0.3 is 0 Å². The second kappa shape index (κ2) is 5.18. The third kappa shape index (κ3) is 3.06. The van der Waals surface area contributed by atoms with Crippen LogP contribution >= 0.6 is 0 Å². The lowest BCUT2D eigenvalue weighted by molar-refractivity contribution is -0.384. The number of hydrogen-bond acceptors (Lipinski definition) is 4. The minimum atomic E-state index is -0.576. The molecule has 1 aromatic carbocycles. The lowest BCUT2D eigenvalue weighted by Gasteiger charge is -1.96. The standard InChI is InChI=1S/C13H10N2O4/c14-13(16)7-5-11-4-6-12(19-11)9-2-1-3-10(8-9)15(17)18/h1-8H,(H2,14,16)/b7-5+. The van der Waals surface area contributed by atoms with Crippen molar-refractivity contribution in [1.29, 1.82) is 0 Å². The van der Waals surface area contributed by atoms with E-state index < -0.39 is 10.8 Å². The number of furan rings is 1. The van der Waals surface area contributed by atoms with Crippen molar-refractivity contribution in [3.8, 4) is 11.3 Å². The maximum Gasteiger partial charge on any atom is 0.270 e. The van der Waals surface area contributed by atoms with Crippen LogP contribution in [0.4, 0.5) is 5.69 Å². The number of nitrogens with two attached hydrogens (primary N) is 1. The van der Waals surface area contributed by atoms with Gasteiger partial charge in [-0.3, -0.25) is 14.9 Å². The summed E-state index contributed by atoms with van der Waals surface area (Å²) in [7, 11) is 0. The van der Waals surface area contributed by atoms with Crippen molar-refractivity contribution in [1.82, 2.24) is 0 Å². The Balaban J connectivity index is 2.30. The summed E-state index contributed by atoms with van der Waals surface area (Å²) in [5.41, 5.74) is 5.55. The van der Waals surface area contributed by atoms with Crippen LogP contribution in [0.5, 0.6) is 0 Å². The Labute approximate surface area is 108 Å². The summed E-state index contributed by atoms with van der Waals surface area (Å²) in [5.74, 6) is 0.349. The number of nitro benzene ring substituents is 1. The number of primary amides is 1. The van der Waals surface area contributed by atoms with Gasteiger partial charge in [0.15, 0.2) is 0 Å². The fourth-order valence-electron chi connectivity index (χ4n) is 1.53. The van der Waals surface area contributed by atoms with Gasteiger partial charge in [0.25, 0.3) is 5.69 Å². The predicted octanol–water partition coefficient (Wildman–Crippen LogP) is 2.35. The number of benzene rings is 1. The first-order valence-electron chi connectivity index (χ1n) is 5.38. The second-order valence-corrected chi connectivity index (χ2v) is 3.75. The summed E-state index contributed by atoms with van der Waals surface area (Å²) in [6.07, 6.45) is 2.61. The number of rotatable bonds is 4. The fourth-order valence-corrected chi connectivity index (χ4v) is 1.53. The molecule has 1 amide bonds. The van der Waals surface area contributed by atoms with Crippen LogP contribution in [0.3, 0.4) is 0 Å². The highest BCUT2D eigenvalue weighted by molar-refractivity contribution is 5.89. The first-order chi connectivity index (χ1) is 9.06. The van der Waals surface area contributed by atoms with Crippen LogP contribution in [-0.4, -0.2) is 10.8 Å². The summed E-state index contributed by atoms with van der Waals surface area (Å²) in [6, 6.07) is 9.41. The Kier molecular flexibility index (Phi) is 3.42. The molecule has 2 N–H and O–H groups in total. The van der Waals surface area contributed by atoms with Gasteiger partial charge in [-0.15, -0.1) is 0 Å². The van der Waals surface area contributed by atoms with Gasteiger partial charge in [0.05, 0.1) is 4.92 Å². The van der Waals surface area contributed by atoms with E-state index in [1.54, 1.807) is 24.3 Å². The summed E-state index contributed by atoms with van der Waals surface area (Å²) >= 11 is 0. The molecule has 0 unspecified atom stereocenters. The van der Waals surface area contributed by atoms with E-state index in [2.05, 4.69) is 0 Å². The molecule has 1 heterocycles. The highest BCUT2D eigenvalue weighted by atomic mass is 16.6. The van der Waals surface area contributed by atoms with Gasteiger partial charge < -0.3 is 10.2 Å². The monoisotopic (exact) mass is 258 g/mol. The van der Waals surface area contributed by atoms with Crippen LogP contribution in [-0.2, 0) is 4.79 Å². The summed E-state index contributed by atoms with van der Waals surface area (Å²) < 4.78 is 5.44. The van der Waals surface area contributed by atoms with Gasteiger partial charge in [0.2, 0.25) is 5.91 Å². The van der Waals surface area contributed by atoms with Gasteiger partial charge in [-0.05, 0) is 18.2 Å². The fraction of sp³-hybridized carbons (Fsp3) is 0. The van der Waals surface area contributed by atoms with Crippen LogP contribution in [0.1, 0.15) is 5.76 Å². The van der Waals surface area contributed by atoms with E-state index in [9.17, 15) is 14.9 Å². The van der Waals surface area contributed by atoms with Crippen LogP contribution in [0.15, 0.2) is 46.9 Å². The Morgan fingerprint density at radius 1 is 1.32 bits per heavy atom. The zero-order valence-corrected chi connectivity index (χ0v) is 9.78. The topological polar surface area (TPSA) is 99.4 Å². The summed E-state index contributed by atoms with van der Waals surface area (Å²) in [4.78, 5) is 20.8. The number of nitrogens with zero attached hydrogens (tertiary/aromatic N) is 1. The molecule has 2 aromatic rings. The highest BCUT2D eigenvalue weighted by Crippen LogP contribution is 2.26. The number of hydrogen-bond donors (Lipinski definition) is 1. The molecule has 19 heavy (non-hydrogen) atoms. The minimum absolute atomic E-state index is 0.0110. The van der Waals surface area contributed by atoms with E-state index in [4.69, 9.17) is 10.2 Å². The minimum Gasteiger partial charge on any atom is -0.457 e. The molecule has 0 radical (unpaired) electrons. The molecule has 0 bridgehead atoms. The smallest absolute Gasteiger partial charge is 0.270 e. The second-order valence-electron chi connectivity index (χ2n) is 3.75. The number of carbonyl (C=O) groups excluding carboxylic acids is 1. The average molecular weight is 258 g/mol. The molecule has 96 valence electrons. The Hall–Kier alpha value is -2.89. The van der Waals surface area contributed by atoms with Crippen molar-refractivity contribution in [3.05, 3.63) is 58.3 Å². The number of carbonyl (C=O) groups is 1. The van der Waals surface area contributed by atoms with Crippen molar-refractivity contribution in [2.24, 2.45) is 5.73 Å². The van der Waals surface area contributed by atoms with Crippen molar-refractivity contribution in [2.75, 3.05) is 0 Å². The maximum atomic E-state index is 10.7. The largest absolute Gasteiger partial charge is 0.457 e. The number of amides is 1. The molecule has 0 saturated carbocycles. The van der Waals surface area contributed by atoms with Gasteiger partial charge in [0, 0.05) is 23.8 Å². The van der Waals surface area contributed by atoms with Gasteiger partial charge in [-0.2, -0.15) is 0 Å². The molecule has 0 fully saturated rings. The molecule has 0 atom stereocenters. The molecular formula is C13H10N2O4. The van der Waals surface area contributed by atoms with Crippen LogP contribution in [0.25, 0.3) is 17.4 Å². The number of non-ortho nitro benzene ring substituents is 1. The van der Waals surface area contributed by atoms with E-state index >= 15 is 0 Å². The molecule has 0 aliphatic rings. The van der Waals surface area contributed by atoms with E-state index in [0.29, 0.717) is 17.1 Å². The number of nitro groups is 1. The molecule has 0 spiro atoms. The molecule has 6 nitrogen and oxygen atoms in total. The van der Waals surface area contributed by atoms with Crippen molar-refractivity contribution in [2.45, 2.75) is 0 Å². The van der Waals surface area contributed by atoms with E-state index in [0.717, 1.165) is 0 Å². The summed E-state index contributed by atoms with van der Waals surface area (Å²) in [5, 5.41) is 10.7.